The van der Waals surface area contributed by atoms with E-state index in [1.807, 2.05) is 44.3 Å². The number of anilines is 1. The molecule has 3 aromatic heterocycles. The van der Waals surface area contributed by atoms with Gasteiger partial charge in [0.2, 0.25) is 17.5 Å². The number of aromatic nitrogens is 4. The van der Waals surface area contributed by atoms with Crippen LogP contribution in [0.3, 0.4) is 0 Å². The second-order valence-corrected chi connectivity index (χ2v) is 17.1. The largest absolute Gasteiger partial charge is 0.478 e. The quantitative estimate of drug-likeness (QED) is 0.128. The summed E-state index contributed by atoms with van der Waals surface area (Å²) < 4.78 is 42.1. The zero-order valence-corrected chi connectivity index (χ0v) is 31.5. The maximum absolute atomic E-state index is 13.5. The van der Waals surface area contributed by atoms with Crippen molar-refractivity contribution in [2.24, 2.45) is 11.8 Å². The van der Waals surface area contributed by atoms with Gasteiger partial charge in [0.05, 0.1) is 34.1 Å². The summed E-state index contributed by atoms with van der Waals surface area (Å²) in [4.78, 5) is 30.2. The Hall–Kier alpha value is -4.88. The summed E-state index contributed by atoms with van der Waals surface area (Å²) >= 11 is 0. The van der Waals surface area contributed by atoms with E-state index in [2.05, 4.69) is 45.8 Å². The third-order valence-electron chi connectivity index (χ3n) is 10.5. The Morgan fingerprint density at radius 1 is 0.981 bits per heavy atom. The number of ether oxygens (including phenoxy) is 1. The Bertz CT molecular complexity index is 2240. The van der Waals surface area contributed by atoms with Gasteiger partial charge in [0.25, 0.3) is 10.0 Å². The van der Waals surface area contributed by atoms with Crippen molar-refractivity contribution in [2.45, 2.75) is 95.5 Å². The number of sulfonamides is 1. The van der Waals surface area contributed by atoms with Gasteiger partial charge in [-0.2, -0.15) is 4.98 Å². The molecule has 3 atom stereocenters. The normalized spacial score (nSPS) is 19.8. The van der Waals surface area contributed by atoms with E-state index < -0.39 is 16.0 Å². The lowest BCUT2D eigenvalue weighted by molar-refractivity contribution is 0.0696. The highest BCUT2D eigenvalue weighted by Gasteiger charge is 2.37. The smallest absolute Gasteiger partial charge is 0.335 e. The molecule has 1 saturated carbocycles. The van der Waals surface area contributed by atoms with Gasteiger partial charge in [-0.3, -0.25) is 0 Å². The zero-order chi connectivity index (χ0) is 37.5. The number of aryl methyl sites for hydroxylation is 2. The zero-order valence-electron chi connectivity index (χ0n) is 30.7. The van der Waals surface area contributed by atoms with E-state index in [4.69, 9.17) is 14.1 Å². The molecule has 278 valence electrons. The van der Waals surface area contributed by atoms with Crippen LogP contribution in [0.15, 0.2) is 70.1 Å². The number of hydrogen-bond donors (Lipinski definition) is 3. The lowest BCUT2D eigenvalue weighted by Gasteiger charge is -2.38. The second-order valence-electron chi connectivity index (χ2n) is 15.4. The van der Waals surface area contributed by atoms with Gasteiger partial charge in [-0.15, -0.1) is 0 Å². The molecule has 0 amide bonds. The number of rotatable bonds is 10. The van der Waals surface area contributed by atoms with E-state index in [0.717, 1.165) is 59.0 Å². The molecule has 2 aliphatic rings. The molecule has 0 bridgehead atoms. The predicted molar refractivity (Wildman–Crippen MR) is 201 cm³/mol. The molecular formula is C40H46N6O6S. The van der Waals surface area contributed by atoms with Gasteiger partial charge < -0.3 is 19.6 Å². The van der Waals surface area contributed by atoms with Crippen molar-refractivity contribution in [2.75, 3.05) is 11.3 Å². The molecule has 0 unspecified atom stereocenters. The van der Waals surface area contributed by atoms with Crippen LogP contribution in [0.1, 0.15) is 98.3 Å². The van der Waals surface area contributed by atoms with Gasteiger partial charge >= 0.3 is 5.97 Å². The first-order chi connectivity index (χ1) is 25.2. The number of nitrogens with zero attached hydrogens (tertiary/aromatic N) is 4. The fourth-order valence-corrected chi connectivity index (χ4v) is 8.47. The SMILES string of the molecule is Cc1cccc(C)c1-c1cc(OC[C@@H]2N[C@H](c3cnc4oc(C(C)(C)C)cc4n3)CCC[C@H]2C2CCC2)nc(NS(=O)(=O)c2cccc(C(=O)O)c2)n1. The minimum atomic E-state index is -4.25. The molecule has 13 heteroatoms. The first-order valence-electron chi connectivity index (χ1n) is 18.2. The van der Waals surface area contributed by atoms with E-state index >= 15 is 0 Å². The van der Waals surface area contributed by atoms with Crippen molar-refractivity contribution in [1.82, 2.24) is 25.3 Å². The summed E-state index contributed by atoms with van der Waals surface area (Å²) in [7, 11) is -4.25. The second kappa shape index (κ2) is 14.5. The van der Waals surface area contributed by atoms with Gasteiger partial charge in [0, 0.05) is 29.2 Å². The topological polar surface area (TPSA) is 169 Å². The summed E-state index contributed by atoms with van der Waals surface area (Å²) in [5.41, 5.74) is 5.09. The van der Waals surface area contributed by atoms with Gasteiger partial charge in [0.1, 0.15) is 17.9 Å². The molecule has 4 heterocycles. The number of hydrogen-bond acceptors (Lipinski definition) is 10. The number of aromatic carboxylic acids is 1. The molecule has 7 rings (SSSR count). The number of fused-ring (bicyclic) bond motifs is 1. The van der Waals surface area contributed by atoms with Gasteiger partial charge in [0.15, 0.2) is 0 Å². The van der Waals surface area contributed by atoms with Crippen molar-refractivity contribution in [3.63, 3.8) is 0 Å². The number of benzene rings is 2. The van der Waals surface area contributed by atoms with Crippen molar-refractivity contribution in [3.05, 3.63) is 88.9 Å². The number of carboxylic acid groups (broad SMARTS) is 1. The third kappa shape index (κ3) is 7.91. The highest BCUT2D eigenvalue weighted by molar-refractivity contribution is 7.92. The Morgan fingerprint density at radius 2 is 1.72 bits per heavy atom. The summed E-state index contributed by atoms with van der Waals surface area (Å²) in [6.45, 7) is 10.5. The highest BCUT2D eigenvalue weighted by Crippen LogP contribution is 2.41. The average Bonchev–Trinajstić information content (AvgIpc) is 3.42. The molecule has 5 aromatic rings. The van der Waals surface area contributed by atoms with Crippen molar-refractivity contribution in [3.8, 4) is 17.1 Å². The first-order valence-corrected chi connectivity index (χ1v) is 19.7. The molecule has 0 radical (unpaired) electrons. The average molecular weight is 739 g/mol. The standard InChI is InChI=1S/C40H46N6O6S/c1-23-10-6-11-24(2)36(23)30-20-35(45-39(44-30)46-53(49,50)27-15-8-14-26(18-27)38(47)48)51-22-33-28(25-12-7-13-25)16-9-17-29(42-33)32-21-41-37-31(43-32)19-34(52-37)40(3,4)5/h6,8,10-11,14-15,18-21,25,28-29,33,42H,7,9,12-13,16-17,22H2,1-5H3,(H,47,48)(H,44,45,46)/t28-,29-,33-/m0/s1. The third-order valence-corrected chi connectivity index (χ3v) is 11.9. The van der Waals surface area contributed by atoms with E-state index in [1.54, 1.807) is 6.07 Å². The fraction of sp³-hybridized carbons (Fsp3) is 0.425. The first kappa shape index (κ1) is 36.5. The van der Waals surface area contributed by atoms with E-state index in [1.165, 1.54) is 37.5 Å². The van der Waals surface area contributed by atoms with Crippen LogP contribution in [0.25, 0.3) is 22.5 Å². The van der Waals surface area contributed by atoms with E-state index in [-0.39, 0.29) is 39.8 Å². The number of furan rings is 1. The van der Waals surface area contributed by atoms with Crippen molar-refractivity contribution >= 4 is 33.2 Å². The van der Waals surface area contributed by atoms with Crippen LogP contribution >= 0.6 is 0 Å². The number of nitrogens with one attached hydrogen (secondary N) is 2. The Kier molecular flexibility index (Phi) is 9.98. The highest BCUT2D eigenvalue weighted by atomic mass is 32.2. The summed E-state index contributed by atoms with van der Waals surface area (Å²) in [5.74, 6) is 0.623. The summed E-state index contributed by atoms with van der Waals surface area (Å²) in [6, 6.07) is 14.7. The Morgan fingerprint density at radius 3 is 2.42 bits per heavy atom. The molecule has 1 saturated heterocycles. The van der Waals surface area contributed by atoms with Gasteiger partial charge in [-0.05, 0) is 67.9 Å². The molecule has 1 aliphatic carbocycles. The van der Waals surface area contributed by atoms with Crippen molar-refractivity contribution < 1.29 is 27.5 Å². The van der Waals surface area contributed by atoms with Crippen LogP contribution in [-0.4, -0.2) is 52.1 Å². The fourth-order valence-electron chi connectivity index (χ4n) is 7.48. The monoisotopic (exact) mass is 738 g/mol. The number of carboxylic acids is 1. The molecule has 2 fully saturated rings. The van der Waals surface area contributed by atoms with Crippen LogP contribution in [-0.2, 0) is 15.4 Å². The lowest BCUT2D eigenvalue weighted by Crippen LogP contribution is -2.45. The van der Waals surface area contributed by atoms with Crippen LogP contribution in [0.2, 0.25) is 0 Å². The molecule has 2 aromatic carbocycles. The van der Waals surface area contributed by atoms with Crippen molar-refractivity contribution in [1.29, 1.82) is 0 Å². The minimum Gasteiger partial charge on any atom is -0.478 e. The van der Waals surface area contributed by atoms with Crippen LogP contribution in [0, 0.1) is 25.7 Å². The molecule has 3 N–H and O–H groups in total. The minimum absolute atomic E-state index is 0.0303. The van der Waals surface area contributed by atoms with Gasteiger partial charge in [-0.1, -0.05) is 70.7 Å². The van der Waals surface area contributed by atoms with Crippen LogP contribution in [0.4, 0.5) is 5.95 Å². The summed E-state index contributed by atoms with van der Waals surface area (Å²) in [5, 5.41) is 13.3. The molecule has 0 spiro atoms. The Labute approximate surface area is 309 Å². The van der Waals surface area contributed by atoms with E-state index in [0.29, 0.717) is 29.9 Å². The predicted octanol–water partition coefficient (Wildman–Crippen LogP) is 7.77. The maximum Gasteiger partial charge on any atom is 0.335 e. The maximum atomic E-state index is 13.5. The molecule has 53 heavy (non-hydrogen) atoms. The Balaban J connectivity index is 1.19. The van der Waals surface area contributed by atoms with E-state index in [9.17, 15) is 18.3 Å². The van der Waals surface area contributed by atoms with Gasteiger partial charge in [-0.25, -0.2) is 32.9 Å². The number of carbonyl (C=O) groups is 1. The summed E-state index contributed by atoms with van der Waals surface area (Å²) in [6.07, 6.45) is 8.39. The van der Waals surface area contributed by atoms with Crippen LogP contribution < -0.4 is 14.8 Å². The molecular weight excluding hydrogens is 693 g/mol. The lowest BCUT2D eigenvalue weighted by atomic mass is 9.71. The molecule has 12 nitrogen and oxygen atoms in total. The molecule has 1 aliphatic heterocycles. The van der Waals surface area contributed by atoms with Crippen LogP contribution in [0.5, 0.6) is 5.88 Å².